The first-order valence-corrected chi connectivity index (χ1v) is 9.88. The summed E-state index contributed by atoms with van der Waals surface area (Å²) in [6.07, 6.45) is 6.27. The molecule has 4 rings (SSSR count). The molecule has 0 atom stereocenters. The maximum absolute atomic E-state index is 12.5. The second-order valence-corrected chi connectivity index (χ2v) is 7.75. The lowest BCUT2D eigenvalue weighted by atomic mass is 10.2. The molecule has 25 heavy (non-hydrogen) atoms. The van der Waals surface area contributed by atoms with Crippen LogP contribution in [0.1, 0.15) is 31.7 Å². The number of nitrogens with one attached hydrogen (secondary N) is 2. The Hall–Kier alpha value is -1.77. The predicted octanol–water partition coefficient (Wildman–Crippen LogP) is 4.31. The van der Waals surface area contributed by atoms with Gasteiger partial charge in [0, 0.05) is 16.8 Å². The zero-order valence-corrected chi connectivity index (χ0v) is 15.9. The van der Waals surface area contributed by atoms with Gasteiger partial charge in [-0.05, 0) is 58.9 Å². The number of benzene rings is 1. The number of hydrogen-bond acceptors (Lipinski definition) is 5. The maximum atomic E-state index is 12.5. The second-order valence-electron chi connectivity index (χ2n) is 6.19. The Morgan fingerprint density at radius 2 is 2.16 bits per heavy atom. The molecule has 1 aliphatic carbocycles. The second kappa shape index (κ2) is 6.86. The zero-order chi connectivity index (χ0) is 17.4. The highest BCUT2D eigenvalue weighted by Crippen LogP contribution is 2.36. The number of aromatic nitrogens is 3. The van der Waals surface area contributed by atoms with E-state index >= 15 is 0 Å². The number of nitrogens with zero attached hydrogens (tertiary/aromatic N) is 2. The van der Waals surface area contributed by atoms with Crippen LogP contribution in [0, 0.1) is 0 Å². The van der Waals surface area contributed by atoms with Crippen LogP contribution in [0.5, 0.6) is 0 Å². The van der Waals surface area contributed by atoms with Gasteiger partial charge in [0.1, 0.15) is 5.39 Å². The smallest absolute Gasteiger partial charge is 0.261 e. The summed E-state index contributed by atoms with van der Waals surface area (Å²) in [6.45, 7) is 0. The first-order chi connectivity index (χ1) is 12.2. The van der Waals surface area contributed by atoms with Gasteiger partial charge in [0.2, 0.25) is 0 Å². The summed E-state index contributed by atoms with van der Waals surface area (Å²) in [5, 5.41) is 14.3. The molecule has 4 N–H and O–H groups in total. The van der Waals surface area contributed by atoms with Gasteiger partial charge in [-0.1, -0.05) is 18.9 Å². The summed E-state index contributed by atoms with van der Waals surface area (Å²) in [7, 11) is 0. The van der Waals surface area contributed by atoms with E-state index in [9.17, 15) is 4.79 Å². The number of halogens is 1. The largest absolute Gasteiger partial charge is 0.338 e. The highest BCUT2D eigenvalue weighted by molar-refractivity contribution is 9.10. The Morgan fingerprint density at radius 1 is 1.36 bits per heavy atom. The molecule has 2 aromatic heterocycles. The Labute approximate surface area is 157 Å². The fourth-order valence-electron chi connectivity index (χ4n) is 3.43. The molecule has 0 amide bonds. The molecule has 130 valence electrons. The van der Waals surface area contributed by atoms with Crippen molar-refractivity contribution in [1.82, 2.24) is 14.8 Å². The van der Waals surface area contributed by atoms with Crippen molar-refractivity contribution < 1.29 is 0 Å². The minimum absolute atomic E-state index is 0.144. The minimum Gasteiger partial charge on any atom is -0.338 e. The molecule has 3 aromatic rings. The number of pyridine rings is 1. The molecule has 0 bridgehead atoms. The lowest BCUT2D eigenvalue weighted by Crippen LogP contribution is -2.09. The molecule has 0 unspecified atom stereocenters. The van der Waals surface area contributed by atoms with Gasteiger partial charge in [-0.3, -0.25) is 14.6 Å². The fourth-order valence-corrected chi connectivity index (χ4v) is 4.28. The van der Waals surface area contributed by atoms with Crippen molar-refractivity contribution in [3.8, 4) is 0 Å². The number of fused-ring (bicyclic) bond motifs is 1. The van der Waals surface area contributed by atoms with E-state index in [0.29, 0.717) is 17.2 Å². The summed E-state index contributed by atoms with van der Waals surface area (Å²) in [5.41, 5.74) is 1.56. The average molecular weight is 420 g/mol. The quantitative estimate of drug-likeness (QED) is 0.548. The zero-order valence-electron chi connectivity index (χ0n) is 13.5. The summed E-state index contributed by atoms with van der Waals surface area (Å²) in [5.74, 6) is 0.573. The monoisotopic (exact) mass is 419 g/mol. The molecule has 0 aliphatic heterocycles. The molecular formula is C17H18BrN5OS. The van der Waals surface area contributed by atoms with Gasteiger partial charge >= 0.3 is 0 Å². The van der Waals surface area contributed by atoms with E-state index in [-0.39, 0.29) is 5.56 Å². The van der Waals surface area contributed by atoms with Crippen LogP contribution in [-0.4, -0.2) is 14.8 Å². The van der Waals surface area contributed by atoms with Crippen molar-refractivity contribution >= 4 is 50.3 Å². The summed E-state index contributed by atoms with van der Waals surface area (Å²) in [6, 6.07) is 8.08. The molecule has 1 aliphatic rings. The Kier molecular flexibility index (Phi) is 4.58. The van der Waals surface area contributed by atoms with Crippen LogP contribution in [0.2, 0.25) is 0 Å². The minimum atomic E-state index is -0.144. The van der Waals surface area contributed by atoms with Crippen LogP contribution in [0.25, 0.3) is 10.9 Å². The average Bonchev–Trinajstić information content (AvgIpc) is 3.27. The van der Waals surface area contributed by atoms with Crippen LogP contribution in [0.15, 0.2) is 44.6 Å². The molecular weight excluding hydrogens is 402 g/mol. The van der Waals surface area contributed by atoms with E-state index in [1.54, 1.807) is 6.20 Å². The Morgan fingerprint density at radius 3 is 2.92 bits per heavy atom. The summed E-state index contributed by atoms with van der Waals surface area (Å²) < 4.78 is 2.85. The third-order valence-electron chi connectivity index (χ3n) is 4.60. The molecule has 1 fully saturated rings. The van der Waals surface area contributed by atoms with Crippen LogP contribution in [-0.2, 0) is 0 Å². The van der Waals surface area contributed by atoms with E-state index in [0.717, 1.165) is 33.4 Å². The fraction of sp³-hybridized carbons (Fsp3) is 0.294. The number of aromatic amines is 1. The van der Waals surface area contributed by atoms with Crippen molar-refractivity contribution in [2.24, 2.45) is 5.14 Å². The van der Waals surface area contributed by atoms with E-state index in [4.69, 9.17) is 10.2 Å². The van der Waals surface area contributed by atoms with E-state index in [1.807, 2.05) is 28.9 Å². The SMILES string of the molecule is NSc1cccc(Nc2nn(C3CCCC3)c3c(Br)c[nH]c(=O)c23)c1. The summed E-state index contributed by atoms with van der Waals surface area (Å²) in [4.78, 5) is 16.2. The molecule has 0 saturated heterocycles. The van der Waals surface area contributed by atoms with Crippen molar-refractivity contribution in [1.29, 1.82) is 0 Å². The number of H-pyrrole nitrogens is 1. The number of nitrogens with two attached hydrogens (primary N) is 1. The van der Waals surface area contributed by atoms with E-state index in [1.165, 1.54) is 24.8 Å². The van der Waals surface area contributed by atoms with Crippen molar-refractivity contribution in [3.63, 3.8) is 0 Å². The van der Waals surface area contributed by atoms with Gasteiger partial charge in [0.15, 0.2) is 5.82 Å². The third kappa shape index (κ3) is 3.09. The number of rotatable bonds is 4. The molecule has 8 heteroatoms. The normalized spacial score (nSPS) is 15.1. The highest BCUT2D eigenvalue weighted by atomic mass is 79.9. The van der Waals surface area contributed by atoms with Crippen LogP contribution in [0.3, 0.4) is 0 Å². The van der Waals surface area contributed by atoms with Crippen LogP contribution in [0.4, 0.5) is 11.5 Å². The lowest BCUT2D eigenvalue weighted by Gasteiger charge is -2.11. The van der Waals surface area contributed by atoms with Crippen LogP contribution < -0.4 is 16.0 Å². The topological polar surface area (TPSA) is 88.7 Å². The molecule has 6 nitrogen and oxygen atoms in total. The molecule has 2 heterocycles. The lowest BCUT2D eigenvalue weighted by molar-refractivity contribution is 0.483. The van der Waals surface area contributed by atoms with Crippen molar-refractivity contribution in [3.05, 3.63) is 45.3 Å². The van der Waals surface area contributed by atoms with E-state index < -0.39 is 0 Å². The highest BCUT2D eigenvalue weighted by Gasteiger charge is 2.24. The maximum Gasteiger partial charge on any atom is 0.261 e. The number of anilines is 2. The van der Waals surface area contributed by atoms with Crippen molar-refractivity contribution in [2.75, 3.05) is 5.32 Å². The molecule has 0 spiro atoms. The van der Waals surface area contributed by atoms with Gasteiger partial charge in [-0.2, -0.15) is 5.10 Å². The van der Waals surface area contributed by atoms with Gasteiger partial charge in [0.25, 0.3) is 5.56 Å². The van der Waals surface area contributed by atoms with Gasteiger partial charge in [-0.15, -0.1) is 0 Å². The third-order valence-corrected chi connectivity index (χ3v) is 5.73. The van der Waals surface area contributed by atoms with Gasteiger partial charge in [0.05, 0.1) is 16.0 Å². The Balaban J connectivity index is 1.85. The first kappa shape index (κ1) is 16.7. The first-order valence-electron chi connectivity index (χ1n) is 8.20. The molecule has 0 radical (unpaired) electrons. The predicted molar refractivity (Wildman–Crippen MR) is 105 cm³/mol. The van der Waals surface area contributed by atoms with E-state index in [2.05, 4.69) is 26.2 Å². The van der Waals surface area contributed by atoms with Gasteiger partial charge in [-0.25, -0.2) is 0 Å². The van der Waals surface area contributed by atoms with Crippen molar-refractivity contribution in [2.45, 2.75) is 36.6 Å². The summed E-state index contributed by atoms with van der Waals surface area (Å²) >= 11 is 4.76. The Bertz CT molecular complexity index is 977. The standard InChI is InChI=1S/C17H18BrN5OS/c18-13-9-20-17(24)14-15(13)23(11-5-1-2-6-11)22-16(14)21-10-4-3-7-12(8-10)25-19/h3-4,7-9,11H,1-2,5-6,19H2,(H,20,24)(H,21,22). The molecule has 1 aromatic carbocycles. The number of hydrogen-bond donors (Lipinski definition) is 3. The van der Waals surface area contributed by atoms with Crippen LogP contribution >= 0.6 is 27.9 Å². The van der Waals surface area contributed by atoms with Gasteiger partial charge < -0.3 is 10.3 Å². The molecule has 1 saturated carbocycles.